The van der Waals surface area contributed by atoms with Crippen LogP contribution in [0.2, 0.25) is 0 Å². The van der Waals surface area contributed by atoms with Crippen molar-refractivity contribution in [3.63, 3.8) is 0 Å². The molecule has 3 aromatic rings. The van der Waals surface area contributed by atoms with E-state index in [2.05, 4.69) is 49.4 Å². The summed E-state index contributed by atoms with van der Waals surface area (Å²) < 4.78 is 2.92. The van der Waals surface area contributed by atoms with E-state index in [-0.39, 0.29) is 0 Å². The fourth-order valence-electron chi connectivity index (χ4n) is 1.99. The van der Waals surface area contributed by atoms with Crippen molar-refractivity contribution in [2.45, 2.75) is 0 Å². The van der Waals surface area contributed by atoms with Gasteiger partial charge in [-0.3, -0.25) is 4.99 Å². The number of nitrogens with zero attached hydrogens (tertiary/aromatic N) is 3. The van der Waals surface area contributed by atoms with Crippen molar-refractivity contribution in [3.05, 3.63) is 74.0 Å². The van der Waals surface area contributed by atoms with E-state index in [1.165, 1.54) is 0 Å². The lowest BCUT2D eigenvalue weighted by Gasteiger charge is -2.05. The molecule has 0 saturated heterocycles. The van der Waals surface area contributed by atoms with Gasteiger partial charge in [0.25, 0.3) is 0 Å². The molecule has 116 valence electrons. The largest absolute Gasteiger partial charge is 0.253 e. The Morgan fingerprint density at radius 2 is 2.09 bits per heavy atom. The Balaban J connectivity index is 2.12. The molecule has 2 heterocycles. The van der Waals surface area contributed by atoms with Crippen LogP contribution in [0.5, 0.6) is 0 Å². The number of benzene rings is 1. The first-order valence-electron chi connectivity index (χ1n) is 6.93. The van der Waals surface area contributed by atoms with Crippen molar-refractivity contribution in [2.75, 3.05) is 6.54 Å². The lowest BCUT2D eigenvalue weighted by Crippen LogP contribution is -2.12. The van der Waals surface area contributed by atoms with Crippen LogP contribution in [0.15, 0.2) is 73.7 Å². The van der Waals surface area contributed by atoms with E-state index in [0.29, 0.717) is 6.54 Å². The smallest absolute Gasteiger partial charge is 0.206 e. The Labute approximate surface area is 151 Å². The Morgan fingerprint density at radius 1 is 1.22 bits per heavy atom. The summed E-state index contributed by atoms with van der Waals surface area (Å²) >= 11 is 6.84. The van der Waals surface area contributed by atoms with Crippen LogP contribution in [0.1, 0.15) is 5.56 Å². The molecule has 1 aromatic carbocycles. The second-order valence-electron chi connectivity index (χ2n) is 4.63. The van der Waals surface area contributed by atoms with E-state index in [9.17, 15) is 0 Å². The van der Waals surface area contributed by atoms with Crippen LogP contribution in [0.25, 0.3) is 11.3 Å². The van der Waals surface area contributed by atoms with Crippen molar-refractivity contribution in [2.24, 2.45) is 10.1 Å². The third-order valence-corrected chi connectivity index (χ3v) is 5.30. The van der Waals surface area contributed by atoms with Gasteiger partial charge < -0.3 is 0 Å². The van der Waals surface area contributed by atoms with Crippen molar-refractivity contribution < 1.29 is 0 Å². The van der Waals surface area contributed by atoms with E-state index in [1.54, 1.807) is 28.7 Å². The number of rotatable bonds is 5. The average Bonchev–Trinajstić information content (AvgIpc) is 3.21. The minimum atomic E-state index is 0.573. The normalized spacial score (nSPS) is 12.1. The molecular formula is C17H14BrN3S2. The monoisotopic (exact) mass is 403 g/mol. The van der Waals surface area contributed by atoms with Crippen LogP contribution in [0.4, 0.5) is 0 Å². The van der Waals surface area contributed by atoms with Crippen LogP contribution >= 0.6 is 38.6 Å². The van der Waals surface area contributed by atoms with Gasteiger partial charge in [-0.25, -0.2) is 4.68 Å². The number of thiophene rings is 1. The molecule has 0 amide bonds. The first kappa shape index (κ1) is 16.1. The summed E-state index contributed by atoms with van der Waals surface area (Å²) in [5, 5.41) is 10.8. The summed E-state index contributed by atoms with van der Waals surface area (Å²) in [6.07, 6.45) is 3.64. The molecule has 0 aliphatic heterocycles. The topological polar surface area (TPSA) is 29.6 Å². The third-order valence-electron chi connectivity index (χ3n) is 3.06. The summed E-state index contributed by atoms with van der Waals surface area (Å²) in [5.74, 6) is 0. The van der Waals surface area contributed by atoms with E-state index in [0.717, 1.165) is 26.1 Å². The SMILES string of the molecule is C=CCN=c1scc(-c2ccccc2Br)n1N=Cc1ccsc1. The van der Waals surface area contributed by atoms with Crippen molar-refractivity contribution >= 4 is 44.8 Å². The van der Waals surface area contributed by atoms with Gasteiger partial charge in [0.05, 0.1) is 18.5 Å². The molecule has 3 rings (SSSR count). The number of thiazole rings is 1. The zero-order valence-corrected chi connectivity index (χ0v) is 15.4. The van der Waals surface area contributed by atoms with Gasteiger partial charge in [-0.05, 0) is 22.9 Å². The minimum Gasteiger partial charge on any atom is -0.253 e. The highest BCUT2D eigenvalue weighted by atomic mass is 79.9. The van der Waals surface area contributed by atoms with Crippen molar-refractivity contribution in [1.29, 1.82) is 0 Å². The fraction of sp³-hybridized carbons (Fsp3) is 0.0588. The quantitative estimate of drug-likeness (QED) is 0.423. The summed E-state index contributed by atoms with van der Waals surface area (Å²) in [4.78, 5) is 5.39. The van der Waals surface area contributed by atoms with Crippen molar-refractivity contribution in [3.8, 4) is 11.3 Å². The van der Waals surface area contributed by atoms with Gasteiger partial charge in [-0.15, -0.1) is 17.9 Å². The molecule has 23 heavy (non-hydrogen) atoms. The number of aromatic nitrogens is 1. The summed E-state index contributed by atoms with van der Waals surface area (Å²) in [7, 11) is 0. The van der Waals surface area contributed by atoms with E-state index in [1.807, 2.05) is 40.5 Å². The van der Waals surface area contributed by atoms with Crippen LogP contribution in [-0.4, -0.2) is 17.4 Å². The Hall–Kier alpha value is -1.76. The molecule has 0 atom stereocenters. The molecule has 0 saturated carbocycles. The van der Waals surface area contributed by atoms with Gasteiger partial charge in [0.2, 0.25) is 4.80 Å². The molecule has 6 heteroatoms. The highest BCUT2D eigenvalue weighted by Crippen LogP contribution is 2.28. The minimum absolute atomic E-state index is 0.573. The highest BCUT2D eigenvalue weighted by molar-refractivity contribution is 9.10. The molecule has 3 nitrogen and oxygen atoms in total. The molecule has 0 fully saturated rings. The van der Waals surface area contributed by atoms with Crippen LogP contribution in [0, 0.1) is 0 Å². The Morgan fingerprint density at radius 3 is 2.83 bits per heavy atom. The van der Waals surface area contributed by atoms with Gasteiger partial charge >= 0.3 is 0 Å². The highest BCUT2D eigenvalue weighted by Gasteiger charge is 2.10. The van der Waals surface area contributed by atoms with Gasteiger partial charge in [-0.2, -0.15) is 16.4 Å². The lowest BCUT2D eigenvalue weighted by atomic mass is 10.2. The predicted molar refractivity (Wildman–Crippen MR) is 103 cm³/mol. The Kier molecular flexibility index (Phi) is 5.38. The molecule has 0 N–H and O–H groups in total. The maximum absolute atomic E-state index is 4.64. The molecule has 0 radical (unpaired) electrons. The second-order valence-corrected chi connectivity index (χ2v) is 7.10. The molecular weight excluding hydrogens is 390 g/mol. The zero-order chi connectivity index (χ0) is 16.1. The number of hydrogen-bond donors (Lipinski definition) is 0. The van der Waals surface area contributed by atoms with Crippen LogP contribution in [0.3, 0.4) is 0 Å². The molecule has 0 unspecified atom stereocenters. The first-order chi connectivity index (χ1) is 11.3. The van der Waals surface area contributed by atoms with Gasteiger partial charge in [0, 0.05) is 21.0 Å². The maximum Gasteiger partial charge on any atom is 0.206 e. The van der Waals surface area contributed by atoms with Gasteiger partial charge in [0.15, 0.2) is 0 Å². The van der Waals surface area contributed by atoms with E-state index >= 15 is 0 Å². The summed E-state index contributed by atoms with van der Waals surface area (Å²) in [6.45, 7) is 4.30. The lowest BCUT2D eigenvalue weighted by molar-refractivity contribution is 0.840. The molecule has 2 aromatic heterocycles. The summed E-state index contributed by atoms with van der Waals surface area (Å²) in [6, 6.07) is 10.2. The van der Waals surface area contributed by atoms with Gasteiger partial charge in [0.1, 0.15) is 0 Å². The van der Waals surface area contributed by atoms with E-state index < -0.39 is 0 Å². The van der Waals surface area contributed by atoms with Crippen molar-refractivity contribution in [1.82, 2.24) is 4.68 Å². The van der Waals surface area contributed by atoms with Crippen LogP contribution < -0.4 is 4.80 Å². The molecule has 0 bridgehead atoms. The van der Waals surface area contributed by atoms with E-state index in [4.69, 9.17) is 0 Å². The zero-order valence-electron chi connectivity index (χ0n) is 12.2. The number of hydrogen-bond acceptors (Lipinski definition) is 4. The van der Waals surface area contributed by atoms with Crippen LogP contribution in [-0.2, 0) is 0 Å². The summed E-state index contributed by atoms with van der Waals surface area (Å²) in [5.41, 5.74) is 3.18. The second kappa shape index (κ2) is 7.68. The first-order valence-corrected chi connectivity index (χ1v) is 9.54. The molecule has 0 aliphatic rings. The van der Waals surface area contributed by atoms with Gasteiger partial charge in [-0.1, -0.05) is 40.2 Å². The third kappa shape index (κ3) is 3.77. The standard InChI is InChI=1S/C17H14BrN3S2/c1-2-8-19-17-21(20-10-13-7-9-22-11-13)16(12-23-17)14-5-3-4-6-15(14)18/h2-7,9-12H,1,8H2. The fourth-order valence-corrected chi connectivity index (χ4v) is 3.93. The Bertz CT molecular complexity index is 889. The molecule has 0 spiro atoms. The predicted octanol–water partition coefficient (Wildman–Crippen LogP) is 5.01. The maximum atomic E-state index is 4.64. The number of halogens is 1. The average molecular weight is 404 g/mol. The molecule has 0 aliphatic carbocycles.